The van der Waals surface area contributed by atoms with E-state index >= 15 is 0 Å². The number of hydrogen-bond acceptors (Lipinski definition) is 2. The number of rotatable bonds is 4. The number of furan rings is 1. The largest absolute Gasteiger partial charge is 0.469 e. The van der Waals surface area contributed by atoms with E-state index in [0.29, 0.717) is 6.42 Å². The van der Waals surface area contributed by atoms with Crippen LogP contribution >= 0.6 is 0 Å². The van der Waals surface area contributed by atoms with Gasteiger partial charge in [-0.1, -0.05) is 12.1 Å². The van der Waals surface area contributed by atoms with Crippen LogP contribution in [0.4, 0.5) is 4.39 Å². The predicted octanol–water partition coefficient (Wildman–Crippen LogP) is 3.14. The van der Waals surface area contributed by atoms with Crippen molar-refractivity contribution < 1.29 is 13.6 Å². The van der Waals surface area contributed by atoms with Gasteiger partial charge in [0, 0.05) is 12.3 Å². The van der Waals surface area contributed by atoms with Gasteiger partial charge in [0.25, 0.3) is 0 Å². The molecule has 0 bridgehead atoms. The summed E-state index contributed by atoms with van der Waals surface area (Å²) in [5, 5.41) is 0. The lowest BCUT2D eigenvalue weighted by molar-refractivity contribution is -0.108. The van der Waals surface area contributed by atoms with Gasteiger partial charge in [-0.2, -0.15) is 0 Å². The number of halogens is 1. The second-order valence-corrected chi connectivity index (χ2v) is 3.52. The Morgan fingerprint density at radius 2 is 2.00 bits per heavy atom. The van der Waals surface area contributed by atoms with Gasteiger partial charge in [-0.15, -0.1) is 0 Å². The lowest BCUT2D eigenvalue weighted by Gasteiger charge is -2.11. The Labute approximate surface area is 92.7 Å². The maximum Gasteiger partial charge on any atom is 0.123 e. The van der Waals surface area contributed by atoms with Crippen molar-refractivity contribution in [3.05, 3.63) is 59.8 Å². The first kappa shape index (κ1) is 10.6. The lowest BCUT2D eigenvalue weighted by Crippen LogP contribution is -2.00. The first-order valence-corrected chi connectivity index (χ1v) is 5.04. The van der Waals surface area contributed by atoms with Crippen LogP contribution in [-0.4, -0.2) is 6.29 Å². The van der Waals surface area contributed by atoms with Gasteiger partial charge in [-0.25, -0.2) is 4.39 Å². The lowest BCUT2D eigenvalue weighted by atomic mass is 9.94. The summed E-state index contributed by atoms with van der Waals surface area (Å²) in [5.41, 5.74) is 0.878. The van der Waals surface area contributed by atoms with Crippen molar-refractivity contribution in [2.75, 3.05) is 0 Å². The van der Waals surface area contributed by atoms with Crippen LogP contribution < -0.4 is 0 Å². The SMILES string of the molecule is O=CCC(c1ccc(F)cc1)c1ccco1. The first-order chi connectivity index (χ1) is 7.81. The fourth-order valence-corrected chi connectivity index (χ4v) is 1.70. The Hall–Kier alpha value is -1.90. The molecule has 0 aliphatic rings. The van der Waals surface area contributed by atoms with Crippen molar-refractivity contribution in [3.63, 3.8) is 0 Å². The van der Waals surface area contributed by atoms with Gasteiger partial charge in [0.15, 0.2) is 0 Å². The molecule has 1 aromatic heterocycles. The minimum Gasteiger partial charge on any atom is -0.469 e. The molecule has 0 saturated heterocycles. The standard InChI is InChI=1S/C13H11FO2/c14-11-5-3-10(4-6-11)12(7-8-15)13-2-1-9-16-13/h1-6,8-9,12H,7H2. The summed E-state index contributed by atoms with van der Waals surface area (Å²) >= 11 is 0. The van der Waals surface area contributed by atoms with E-state index in [4.69, 9.17) is 4.42 Å². The zero-order valence-corrected chi connectivity index (χ0v) is 8.60. The molecular formula is C13H11FO2. The average molecular weight is 218 g/mol. The zero-order chi connectivity index (χ0) is 11.4. The van der Waals surface area contributed by atoms with Crippen LogP contribution in [0.25, 0.3) is 0 Å². The summed E-state index contributed by atoms with van der Waals surface area (Å²) in [6.45, 7) is 0. The van der Waals surface area contributed by atoms with E-state index in [-0.39, 0.29) is 11.7 Å². The molecule has 0 fully saturated rings. The van der Waals surface area contributed by atoms with Crippen LogP contribution in [0.3, 0.4) is 0 Å². The normalized spacial score (nSPS) is 12.3. The molecule has 0 aliphatic carbocycles. The summed E-state index contributed by atoms with van der Waals surface area (Å²) in [7, 11) is 0. The van der Waals surface area contributed by atoms with Gasteiger partial charge in [0.2, 0.25) is 0 Å². The maximum absolute atomic E-state index is 12.8. The molecule has 82 valence electrons. The molecule has 0 aliphatic heterocycles. The minimum atomic E-state index is -0.284. The van der Waals surface area contributed by atoms with E-state index in [1.54, 1.807) is 24.5 Å². The van der Waals surface area contributed by atoms with Gasteiger partial charge in [0.1, 0.15) is 17.9 Å². The summed E-state index contributed by atoms with van der Waals surface area (Å²) in [5.74, 6) is 0.305. The Kier molecular flexibility index (Phi) is 3.15. The second-order valence-electron chi connectivity index (χ2n) is 3.52. The van der Waals surface area contributed by atoms with Crippen LogP contribution in [0.1, 0.15) is 23.7 Å². The highest BCUT2D eigenvalue weighted by Gasteiger charge is 2.16. The van der Waals surface area contributed by atoms with Crippen LogP contribution in [0.2, 0.25) is 0 Å². The first-order valence-electron chi connectivity index (χ1n) is 5.04. The monoisotopic (exact) mass is 218 g/mol. The van der Waals surface area contributed by atoms with E-state index in [0.717, 1.165) is 17.6 Å². The van der Waals surface area contributed by atoms with E-state index in [9.17, 15) is 9.18 Å². The smallest absolute Gasteiger partial charge is 0.123 e. The fourth-order valence-electron chi connectivity index (χ4n) is 1.70. The Morgan fingerprint density at radius 1 is 1.25 bits per heavy atom. The van der Waals surface area contributed by atoms with Gasteiger partial charge in [0.05, 0.1) is 6.26 Å². The topological polar surface area (TPSA) is 30.2 Å². The molecule has 16 heavy (non-hydrogen) atoms. The molecule has 0 N–H and O–H groups in total. The van der Waals surface area contributed by atoms with Crippen molar-refractivity contribution in [3.8, 4) is 0 Å². The summed E-state index contributed by atoms with van der Waals surface area (Å²) in [4.78, 5) is 10.6. The molecular weight excluding hydrogens is 207 g/mol. The molecule has 2 nitrogen and oxygen atoms in total. The molecule has 1 atom stereocenters. The maximum atomic E-state index is 12.8. The molecule has 0 spiro atoms. The Morgan fingerprint density at radius 3 is 2.56 bits per heavy atom. The Balaban J connectivity index is 2.32. The Bertz CT molecular complexity index is 445. The third-order valence-electron chi connectivity index (χ3n) is 2.49. The van der Waals surface area contributed by atoms with Crippen LogP contribution in [0.15, 0.2) is 47.1 Å². The predicted molar refractivity (Wildman–Crippen MR) is 57.6 cm³/mol. The average Bonchev–Trinajstić information content (AvgIpc) is 2.81. The van der Waals surface area contributed by atoms with Crippen molar-refractivity contribution in [2.24, 2.45) is 0 Å². The van der Waals surface area contributed by atoms with Gasteiger partial charge in [-0.3, -0.25) is 0 Å². The molecule has 0 saturated carbocycles. The van der Waals surface area contributed by atoms with Gasteiger partial charge >= 0.3 is 0 Å². The highest BCUT2D eigenvalue weighted by atomic mass is 19.1. The summed E-state index contributed by atoms with van der Waals surface area (Å²) < 4.78 is 18.1. The third-order valence-corrected chi connectivity index (χ3v) is 2.49. The summed E-state index contributed by atoms with van der Waals surface area (Å²) in [6, 6.07) is 9.71. The van der Waals surface area contributed by atoms with E-state index in [1.807, 2.05) is 6.07 Å². The van der Waals surface area contributed by atoms with Crippen molar-refractivity contribution in [1.29, 1.82) is 0 Å². The second kappa shape index (κ2) is 4.75. The molecule has 3 heteroatoms. The van der Waals surface area contributed by atoms with E-state index in [2.05, 4.69) is 0 Å². The number of carbonyl (C=O) groups is 1. The number of hydrogen-bond donors (Lipinski definition) is 0. The molecule has 0 radical (unpaired) electrons. The van der Waals surface area contributed by atoms with Crippen molar-refractivity contribution >= 4 is 6.29 Å². The molecule has 1 unspecified atom stereocenters. The molecule has 1 heterocycles. The highest BCUT2D eigenvalue weighted by molar-refractivity contribution is 5.53. The van der Waals surface area contributed by atoms with Crippen molar-refractivity contribution in [1.82, 2.24) is 0 Å². The minimum absolute atomic E-state index is 0.131. The fraction of sp³-hybridized carbons (Fsp3) is 0.154. The molecule has 1 aromatic carbocycles. The van der Waals surface area contributed by atoms with Crippen LogP contribution in [0.5, 0.6) is 0 Å². The number of carbonyl (C=O) groups excluding carboxylic acids is 1. The van der Waals surface area contributed by atoms with E-state index < -0.39 is 0 Å². The van der Waals surface area contributed by atoms with Gasteiger partial charge < -0.3 is 9.21 Å². The van der Waals surface area contributed by atoms with E-state index in [1.165, 1.54) is 12.1 Å². The number of aldehydes is 1. The number of benzene rings is 1. The molecule has 2 aromatic rings. The summed E-state index contributed by atoms with van der Waals surface area (Å²) in [6.07, 6.45) is 2.74. The van der Waals surface area contributed by atoms with Crippen molar-refractivity contribution in [2.45, 2.75) is 12.3 Å². The molecule has 0 amide bonds. The molecule has 2 rings (SSSR count). The van der Waals surface area contributed by atoms with Crippen LogP contribution in [-0.2, 0) is 4.79 Å². The third kappa shape index (κ3) is 2.19. The highest BCUT2D eigenvalue weighted by Crippen LogP contribution is 2.27. The van der Waals surface area contributed by atoms with Gasteiger partial charge in [-0.05, 0) is 29.8 Å². The van der Waals surface area contributed by atoms with Crippen LogP contribution in [0, 0.1) is 5.82 Å². The quantitative estimate of drug-likeness (QED) is 0.738. The zero-order valence-electron chi connectivity index (χ0n) is 8.60.